The van der Waals surface area contributed by atoms with Crippen molar-refractivity contribution in [2.24, 2.45) is 5.92 Å². The number of hydrogen-bond acceptors (Lipinski definition) is 3. The highest BCUT2D eigenvalue weighted by molar-refractivity contribution is 6.00. The van der Waals surface area contributed by atoms with E-state index in [1.807, 2.05) is 18.2 Å². The van der Waals surface area contributed by atoms with E-state index >= 15 is 0 Å². The zero-order chi connectivity index (χ0) is 13.2. The lowest BCUT2D eigenvalue weighted by molar-refractivity contribution is 0.0900. The first kappa shape index (κ1) is 12.4. The number of aromatic amines is 1. The van der Waals surface area contributed by atoms with E-state index in [0.717, 1.165) is 35.6 Å². The topological polar surface area (TPSA) is 49.0 Å². The van der Waals surface area contributed by atoms with Crippen LogP contribution in [0.15, 0.2) is 24.5 Å². The Morgan fingerprint density at radius 2 is 2.21 bits per heavy atom. The molecule has 0 spiro atoms. The third-order valence-electron chi connectivity index (χ3n) is 3.99. The number of rotatable bonds is 3. The second-order valence-corrected chi connectivity index (χ2v) is 5.52. The first-order chi connectivity index (χ1) is 9.22. The van der Waals surface area contributed by atoms with E-state index in [2.05, 4.69) is 21.8 Å². The monoisotopic (exact) mass is 257 g/mol. The van der Waals surface area contributed by atoms with Crippen LogP contribution in [0.4, 0.5) is 0 Å². The SMILES string of the molecule is CC1CCN(CC(=O)c2ccc3nc[nH]c3c2)CC1. The van der Waals surface area contributed by atoms with Gasteiger partial charge in [0.15, 0.2) is 5.78 Å². The molecule has 0 radical (unpaired) electrons. The summed E-state index contributed by atoms with van der Waals surface area (Å²) in [6, 6.07) is 5.67. The molecular weight excluding hydrogens is 238 g/mol. The Balaban J connectivity index is 1.69. The van der Waals surface area contributed by atoms with Crippen molar-refractivity contribution in [1.82, 2.24) is 14.9 Å². The minimum absolute atomic E-state index is 0.200. The summed E-state index contributed by atoms with van der Waals surface area (Å²) >= 11 is 0. The maximum absolute atomic E-state index is 12.3. The molecule has 2 aromatic rings. The molecule has 1 aliphatic rings. The molecule has 1 aromatic heterocycles. The quantitative estimate of drug-likeness (QED) is 0.859. The van der Waals surface area contributed by atoms with E-state index in [9.17, 15) is 4.79 Å². The van der Waals surface area contributed by atoms with Crippen LogP contribution in [0, 0.1) is 5.92 Å². The summed E-state index contributed by atoms with van der Waals surface area (Å²) in [5.74, 6) is 0.999. The van der Waals surface area contributed by atoms with Gasteiger partial charge >= 0.3 is 0 Å². The Hall–Kier alpha value is -1.68. The summed E-state index contributed by atoms with van der Waals surface area (Å²) in [5.41, 5.74) is 2.61. The Morgan fingerprint density at radius 1 is 1.42 bits per heavy atom. The smallest absolute Gasteiger partial charge is 0.176 e. The molecule has 1 saturated heterocycles. The van der Waals surface area contributed by atoms with Crippen LogP contribution in [0.2, 0.25) is 0 Å². The van der Waals surface area contributed by atoms with Gasteiger partial charge in [0.2, 0.25) is 0 Å². The zero-order valence-electron chi connectivity index (χ0n) is 11.2. The summed E-state index contributed by atoms with van der Waals surface area (Å²) < 4.78 is 0. The Labute approximate surface area is 112 Å². The lowest BCUT2D eigenvalue weighted by atomic mass is 9.98. The molecule has 19 heavy (non-hydrogen) atoms. The standard InChI is InChI=1S/C15H19N3O/c1-11-4-6-18(7-5-11)9-15(19)12-2-3-13-14(8-12)17-10-16-13/h2-3,8,10-11H,4-7,9H2,1H3,(H,16,17). The number of nitrogens with one attached hydrogen (secondary N) is 1. The van der Waals surface area contributed by atoms with Crippen LogP contribution in [-0.2, 0) is 0 Å². The highest BCUT2D eigenvalue weighted by Gasteiger charge is 2.18. The lowest BCUT2D eigenvalue weighted by Gasteiger charge is -2.29. The zero-order valence-corrected chi connectivity index (χ0v) is 11.2. The lowest BCUT2D eigenvalue weighted by Crippen LogP contribution is -2.36. The molecule has 0 unspecified atom stereocenters. The number of aromatic nitrogens is 2. The van der Waals surface area contributed by atoms with E-state index in [0.29, 0.717) is 6.54 Å². The highest BCUT2D eigenvalue weighted by atomic mass is 16.1. The number of carbonyl (C=O) groups excluding carboxylic acids is 1. The van der Waals surface area contributed by atoms with Crippen molar-refractivity contribution in [2.45, 2.75) is 19.8 Å². The molecule has 1 aliphatic heterocycles. The summed E-state index contributed by atoms with van der Waals surface area (Å²) in [5, 5.41) is 0. The van der Waals surface area contributed by atoms with Crippen LogP contribution < -0.4 is 0 Å². The molecule has 100 valence electrons. The highest BCUT2D eigenvalue weighted by Crippen LogP contribution is 2.17. The number of nitrogens with zero attached hydrogens (tertiary/aromatic N) is 2. The fourth-order valence-corrected chi connectivity index (χ4v) is 2.62. The largest absolute Gasteiger partial charge is 0.345 e. The number of ketones is 1. The van der Waals surface area contributed by atoms with Gasteiger partial charge in [-0.3, -0.25) is 9.69 Å². The van der Waals surface area contributed by atoms with Crippen molar-refractivity contribution in [3.05, 3.63) is 30.1 Å². The van der Waals surface area contributed by atoms with Gasteiger partial charge in [-0.25, -0.2) is 4.98 Å². The molecule has 1 fully saturated rings. The number of Topliss-reactive ketones (excluding diaryl/α,β-unsaturated/α-hetero) is 1. The van der Waals surface area contributed by atoms with Crippen molar-refractivity contribution in [3.8, 4) is 0 Å². The number of imidazole rings is 1. The van der Waals surface area contributed by atoms with Crippen LogP contribution in [0.5, 0.6) is 0 Å². The molecule has 2 heterocycles. The molecular formula is C15H19N3O. The second-order valence-electron chi connectivity index (χ2n) is 5.52. The molecule has 4 heteroatoms. The van der Waals surface area contributed by atoms with Gasteiger partial charge in [0, 0.05) is 5.56 Å². The maximum Gasteiger partial charge on any atom is 0.176 e. The number of benzene rings is 1. The summed E-state index contributed by atoms with van der Waals surface area (Å²) in [7, 11) is 0. The number of H-pyrrole nitrogens is 1. The fourth-order valence-electron chi connectivity index (χ4n) is 2.62. The van der Waals surface area contributed by atoms with Crippen LogP contribution in [0.3, 0.4) is 0 Å². The van der Waals surface area contributed by atoms with E-state index < -0.39 is 0 Å². The van der Waals surface area contributed by atoms with E-state index in [1.54, 1.807) is 6.33 Å². The first-order valence-corrected chi connectivity index (χ1v) is 6.91. The second kappa shape index (κ2) is 5.13. The van der Waals surface area contributed by atoms with Crippen molar-refractivity contribution < 1.29 is 4.79 Å². The van der Waals surface area contributed by atoms with Crippen LogP contribution >= 0.6 is 0 Å². The fraction of sp³-hybridized carbons (Fsp3) is 0.467. The van der Waals surface area contributed by atoms with Gasteiger partial charge in [-0.15, -0.1) is 0 Å². The number of hydrogen-bond donors (Lipinski definition) is 1. The molecule has 3 rings (SSSR count). The summed E-state index contributed by atoms with van der Waals surface area (Å²) in [4.78, 5) is 21.8. The number of fused-ring (bicyclic) bond motifs is 1. The third kappa shape index (κ3) is 2.68. The first-order valence-electron chi connectivity index (χ1n) is 6.91. The predicted molar refractivity (Wildman–Crippen MR) is 75.3 cm³/mol. The van der Waals surface area contributed by atoms with Gasteiger partial charge in [-0.1, -0.05) is 6.92 Å². The average Bonchev–Trinajstić information content (AvgIpc) is 2.88. The van der Waals surface area contributed by atoms with Gasteiger partial charge in [-0.2, -0.15) is 0 Å². The van der Waals surface area contributed by atoms with Crippen molar-refractivity contribution >= 4 is 16.8 Å². The van der Waals surface area contributed by atoms with Crippen molar-refractivity contribution in [3.63, 3.8) is 0 Å². The Morgan fingerprint density at radius 3 is 3.00 bits per heavy atom. The minimum atomic E-state index is 0.200. The van der Waals surface area contributed by atoms with Gasteiger partial charge in [0.05, 0.1) is 23.9 Å². The average molecular weight is 257 g/mol. The maximum atomic E-state index is 12.3. The van der Waals surface area contributed by atoms with Gasteiger partial charge in [-0.05, 0) is 50.0 Å². The minimum Gasteiger partial charge on any atom is -0.345 e. The van der Waals surface area contributed by atoms with E-state index in [-0.39, 0.29) is 5.78 Å². The Bertz CT molecular complexity index is 582. The molecule has 0 aliphatic carbocycles. The third-order valence-corrected chi connectivity index (χ3v) is 3.99. The molecule has 0 saturated carbocycles. The van der Waals surface area contributed by atoms with Crippen LogP contribution in [0.1, 0.15) is 30.1 Å². The van der Waals surface area contributed by atoms with Crippen LogP contribution in [0.25, 0.3) is 11.0 Å². The summed E-state index contributed by atoms with van der Waals surface area (Å²) in [6.45, 7) is 4.90. The normalized spacial score (nSPS) is 17.9. The van der Waals surface area contributed by atoms with Gasteiger partial charge in [0.25, 0.3) is 0 Å². The van der Waals surface area contributed by atoms with Crippen LogP contribution in [-0.4, -0.2) is 40.3 Å². The molecule has 0 atom stereocenters. The molecule has 1 aromatic carbocycles. The van der Waals surface area contributed by atoms with E-state index in [4.69, 9.17) is 0 Å². The van der Waals surface area contributed by atoms with Gasteiger partial charge in [0.1, 0.15) is 0 Å². The molecule has 1 N–H and O–H groups in total. The number of carbonyl (C=O) groups is 1. The predicted octanol–water partition coefficient (Wildman–Crippen LogP) is 2.48. The van der Waals surface area contributed by atoms with Gasteiger partial charge < -0.3 is 4.98 Å². The molecule has 0 amide bonds. The van der Waals surface area contributed by atoms with E-state index in [1.165, 1.54) is 12.8 Å². The Kier molecular flexibility index (Phi) is 3.34. The van der Waals surface area contributed by atoms with Crippen molar-refractivity contribution in [1.29, 1.82) is 0 Å². The number of likely N-dealkylation sites (tertiary alicyclic amines) is 1. The van der Waals surface area contributed by atoms with Crippen molar-refractivity contribution in [2.75, 3.05) is 19.6 Å². The summed E-state index contributed by atoms with van der Waals surface area (Å²) in [6.07, 6.45) is 4.06. The molecule has 0 bridgehead atoms. The molecule has 4 nitrogen and oxygen atoms in total. The number of piperidine rings is 1.